The Morgan fingerprint density at radius 2 is 0.405 bits per heavy atom. The van der Waals surface area contributed by atoms with Gasteiger partial charge in [0.05, 0.1) is 26.4 Å². The van der Waals surface area contributed by atoms with Crippen molar-refractivity contribution in [3.8, 4) is 0 Å². The third-order valence-corrected chi connectivity index (χ3v) is 24.8. The first kappa shape index (κ1) is 126. The molecule has 131 heavy (non-hydrogen) atoms. The average molecular weight is 1870 g/mol. The molecule has 0 saturated heterocycles. The molecular formula is C113H196O16P2. The number of phosphoric ester groups is 2. The number of aliphatic hydroxyl groups is 2. The zero-order valence-corrected chi connectivity index (χ0v) is 85.5. The van der Waals surface area contributed by atoms with Crippen LogP contribution in [-0.4, -0.2) is 95.9 Å². The molecule has 0 aliphatic carbocycles. The van der Waals surface area contributed by atoms with Gasteiger partial charge in [-0.1, -0.05) is 461 Å². The van der Waals surface area contributed by atoms with E-state index in [-0.39, 0.29) is 19.3 Å². The summed E-state index contributed by atoms with van der Waals surface area (Å²) in [6, 6.07) is 0. The number of hydrogen-bond acceptors (Lipinski definition) is 14. The van der Waals surface area contributed by atoms with E-state index in [4.69, 9.17) is 32.3 Å². The maximum absolute atomic E-state index is 13.1. The van der Waals surface area contributed by atoms with Crippen LogP contribution in [0.3, 0.4) is 0 Å². The Bertz CT molecular complexity index is 3060. The molecule has 0 aromatic heterocycles. The van der Waals surface area contributed by atoms with Gasteiger partial charge in [0.2, 0.25) is 0 Å². The predicted molar refractivity (Wildman–Crippen MR) is 555 cm³/mol. The minimum absolute atomic E-state index is 0.0957. The standard InChI is InChI=1S/C113H196O16P2/c1-4-7-10-13-16-19-22-25-28-31-34-37-40-43-46-49-51-52-53-54-56-59-60-63-66-69-72-75-78-81-84-87-90-93-96-99-111(116)123-102-108(114)103-125-130(119,120)126-104-109(115)105-127-131(121,122)128-107-110(129-113(118)101-98-95-92-89-86-83-80-77-74-71-68-65-62-57-48-45-42-39-36-33-30-27-24-21-18-15-12-9-6-3)106-124-112(117)100-97-94-91-88-85-82-79-76-73-70-67-64-61-58-55-50-47-44-41-38-35-32-29-26-23-20-17-14-11-8-5-2/h9,12,16-21,25-30,34-39,43-48,62,65,108-110,114-115H,4-8,10-11,13-15,22-24,31-33,40-42,49-61,63-64,66-107H2,1-3H3,(H,119,120)(H,121,122)/b12-9-,19-16-,20-17-,21-18-,28-25-,29-26-,30-27-,37-34-,38-35-,39-36-,46-43-,47-44-,48-45-,65-62-. The van der Waals surface area contributed by atoms with Crippen molar-refractivity contribution in [2.24, 2.45) is 0 Å². The molecule has 0 aliphatic heterocycles. The molecule has 0 radical (unpaired) electrons. The number of ether oxygens (including phenoxy) is 3. The molecule has 0 bridgehead atoms. The highest BCUT2D eigenvalue weighted by molar-refractivity contribution is 7.47. The smallest absolute Gasteiger partial charge is 0.463 e. The van der Waals surface area contributed by atoms with Crippen molar-refractivity contribution < 1.29 is 75.8 Å². The van der Waals surface area contributed by atoms with Gasteiger partial charge in [0.15, 0.2) is 6.10 Å². The van der Waals surface area contributed by atoms with E-state index in [2.05, 4.69) is 191 Å². The van der Waals surface area contributed by atoms with Crippen LogP contribution in [0.25, 0.3) is 0 Å². The number of rotatable bonds is 101. The van der Waals surface area contributed by atoms with E-state index < -0.39 is 91.5 Å². The van der Waals surface area contributed by atoms with E-state index in [0.29, 0.717) is 19.3 Å². The second kappa shape index (κ2) is 104. The van der Waals surface area contributed by atoms with Crippen molar-refractivity contribution >= 4 is 33.6 Å². The molecule has 0 aromatic carbocycles. The van der Waals surface area contributed by atoms with Gasteiger partial charge in [-0.15, -0.1) is 0 Å². The van der Waals surface area contributed by atoms with Crippen molar-refractivity contribution in [3.05, 3.63) is 170 Å². The number of carbonyl (C=O) groups is 3. The van der Waals surface area contributed by atoms with E-state index in [1.165, 1.54) is 263 Å². The lowest BCUT2D eigenvalue weighted by Crippen LogP contribution is -2.30. The van der Waals surface area contributed by atoms with Crippen molar-refractivity contribution in [3.63, 3.8) is 0 Å². The average Bonchev–Trinajstić information content (AvgIpc) is 0.896. The Hall–Kier alpha value is -5.09. The molecule has 0 fully saturated rings. The van der Waals surface area contributed by atoms with Gasteiger partial charge in [-0.2, -0.15) is 0 Å². The Kier molecular flexibility index (Phi) is 99.8. The lowest BCUT2D eigenvalue weighted by molar-refractivity contribution is -0.161. The second-order valence-electron chi connectivity index (χ2n) is 35.7. The number of esters is 3. The Morgan fingerprint density at radius 3 is 0.641 bits per heavy atom. The minimum atomic E-state index is -4.95. The topological polar surface area (TPSA) is 231 Å². The van der Waals surface area contributed by atoms with Crippen LogP contribution in [0.1, 0.15) is 470 Å². The zero-order valence-electron chi connectivity index (χ0n) is 83.7. The summed E-state index contributed by atoms with van der Waals surface area (Å²) in [4.78, 5) is 59.3. The molecule has 754 valence electrons. The van der Waals surface area contributed by atoms with Gasteiger partial charge in [0, 0.05) is 19.3 Å². The summed E-state index contributed by atoms with van der Waals surface area (Å²) in [7, 11) is -9.82. The maximum atomic E-state index is 13.1. The monoisotopic (exact) mass is 1870 g/mol. The van der Waals surface area contributed by atoms with Gasteiger partial charge >= 0.3 is 33.6 Å². The summed E-state index contributed by atoms with van der Waals surface area (Å²) >= 11 is 0. The van der Waals surface area contributed by atoms with Crippen molar-refractivity contribution in [2.45, 2.75) is 489 Å². The molecule has 0 saturated carbocycles. The van der Waals surface area contributed by atoms with Crippen molar-refractivity contribution in [1.29, 1.82) is 0 Å². The highest BCUT2D eigenvalue weighted by Gasteiger charge is 2.30. The van der Waals surface area contributed by atoms with Crippen LogP contribution in [0.2, 0.25) is 0 Å². The molecular weight excluding hydrogens is 1680 g/mol. The molecule has 0 spiro atoms. The molecule has 0 heterocycles. The lowest BCUT2D eigenvalue weighted by Gasteiger charge is -2.21. The number of carbonyl (C=O) groups excluding carboxylic acids is 3. The zero-order chi connectivity index (χ0) is 95.0. The van der Waals surface area contributed by atoms with Crippen molar-refractivity contribution in [2.75, 3.05) is 39.6 Å². The van der Waals surface area contributed by atoms with Gasteiger partial charge in [-0.05, 0) is 161 Å². The van der Waals surface area contributed by atoms with E-state index in [9.17, 15) is 43.5 Å². The van der Waals surface area contributed by atoms with Crippen LogP contribution < -0.4 is 0 Å². The molecule has 5 atom stereocenters. The Morgan fingerprint density at radius 1 is 0.221 bits per heavy atom. The van der Waals surface area contributed by atoms with Crippen LogP contribution in [0.5, 0.6) is 0 Å². The first-order valence-corrected chi connectivity index (χ1v) is 56.4. The van der Waals surface area contributed by atoms with E-state index in [0.717, 1.165) is 148 Å². The van der Waals surface area contributed by atoms with Crippen LogP contribution in [0, 0.1) is 0 Å². The lowest BCUT2D eigenvalue weighted by atomic mass is 10.0. The van der Waals surface area contributed by atoms with Gasteiger partial charge in [0.25, 0.3) is 0 Å². The van der Waals surface area contributed by atoms with Crippen molar-refractivity contribution in [1.82, 2.24) is 0 Å². The molecule has 0 amide bonds. The fraction of sp³-hybridized carbons (Fsp3) is 0.726. The molecule has 0 aromatic rings. The van der Waals surface area contributed by atoms with Gasteiger partial charge in [0.1, 0.15) is 25.4 Å². The molecule has 16 nitrogen and oxygen atoms in total. The molecule has 18 heteroatoms. The van der Waals surface area contributed by atoms with E-state index in [1.54, 1.807) is 0 Å². The van der Waals surface area contributed by atoms with Crippen LogP contribution >= 0.6 is 15.6 Å². The Balaban J connectivity index is 4.59. The molecule has 5 unspecified atom stereocenters. The minimum Gasteiger partial charge on any atom is -0.463 e. The Labute approximate surface area is 803 Å². The first-order valence-electron chi connectivity index (χ1n) is 53.4. The highest BCUT2D eigenvalue weighted by atomic mass is 31.2. The fourth-order valence-electron chi connectivity index (χ4n) is 14.8. The summed E-state index contributed by atoms with van der Waals surface area (Å²) < 4.78 is 61.8. The highest BCUT2D eigenvalue weighted by Crippen LogP contribution is 2.45. The quantitative estimate of drug-likeness (QED) is 0.0146. The van der Waals surface area contributed by atoms with Crippen LogP contribution in [-0.2, 0) is 55.8 Å². The molecule has 4 N–H and O–H groups in total. The largest absolute Gasteiger partial charge is 0.472 e. The normalized spacial score (nSPS) is 14.3. The summed E-state index contributed by atoms with van der Waals surface area (Å²) in [5, 5.41) is 20.8. The maximum Gasteiger partial charge on any atom is 0.472 e. The third kappa shape index (κ3) is 105. The third-order valence-electron chi connectivity index (χ3n) is 22.9. The number of aliphatic hydroxyl groups excluding tert-OH is 2. The SMILES string of the molecule is CC/C=C\C/C=C\C/C=C\C/C=C\C/C=C\C/C=C\CCCCCCCCCCCCC(=O)OC(COC(=O)CCCCCCCCCCCCCCCCC/C=C\C/C=C\C/C=C\C/C=C\CCCCC)COP(=O)(O)OCC(O)COP(=O)(O)OCC(O)COC(=O)CCCCCCCCCCCCCCCCCCCCC/C=C\C/C=C\C/C=C\C/C=C\CCCCC. The first-order chi connectivity index (χ1) is 64.2. The number of allylic oxidation sites excluding steroid dienone is 28. The number of unbranched alkanes of at least 4 members (excludes halogenated alkanes) is 50. The van der Waals surface area contributed by atoms with E-state index in [1.807, 2.05) is 0 Å². The number of hydrogen-bond donors (Lipinski definition) is 4. The fourth-order valence-corrected chi connectivity index (χ4v) is 16.4. The summed E-state index contributed by atoms with van der Waals surface area (Å²) in [6.07, 6.45) is 137. The second-order valence-corrected chi connectivity index (χ2v) is 38.6. The van der Waals surface area contributed by atoms with Crippen LogP contribution in [0.15, 0.2) is 170 Å². The number of phosphoric acid groups is 2. The molecule has 0 aliphatic rings. The van der Waals surface area contributed by atoms with Crippen LogP contribution in [0.4, 0.5) is 0 Å². The van der Waals surface area contributed by atoms with Gasteiger partial charge in [-0.25, -0.2) is 9.13 Å². The van der Waals surface area contributed by atoms with E-state index >= 15 is 0 Å². The predicted octanol–water partition coefficient (Wildman–Crippen LogP) is 34.1. The summed E-state index contributed by atoms with van der Waals surface area (Å²) in [5.74, 6) is -1.56. The molecule has 0 rings (SSSR count). The van der Waals surface area contributed by atoms with Gasteiger partial charge in [-0.3, -0.25) is 32.5 Å². The van der Waals surface area contributed by atoms with Gasteiger partial charge < -0.3 is 34.2 Å². The summed E-state index contributed by atoms with van der Waals surface area (Å²) in [5.41, 5.74) is 0. The summed E-state index contributed by atoms with van der Waals surface area (Å²) in [6.45, 7) is 2.59.